The highest BCUT2D eigenvalue weighted by atomic mass is 16.3. The molecule has 2 aromatic carbocycles. The molecule has 0 aliphatic heterocycles. The number of carbonyl (C=O) groups excluding carboxylic acids is 1. The van der Waals surface area contributed by atoms with Crippen LogP contribution in [0.25, 0.3) is 11.3 Å². The van der Waals surface area contributed by atoms with Gasteiger partial charge in [0.15, 0.2) is 12.2 Å². The van der Waals surface area contributed by atoms with E-state index in [9.17, 15) is 4.79 Å². The third-order valence-corrected chi connectivity index (χ3v) is 5.08. The van der Waals surface area contributed by atoms with E-state index in [2.05, 4.69) is 15.6 Å². The molecule has 0 radical (unpaired) electrons. The summed E-state index contributed by atoms with van der Waals surface area (Å²) >= 11 is 0. The van der Waals surface area contributed by atoms with Gasteiger partial charge >= 0.3 is 0 Å². The average Bonchev–Trinajstić information content (AvgIpc) is 3.42. The second-order valence-electron chi connectivity index (χ2n) is 7.01. The van der Waals surface area contributed by atoms with Crippen LogP contribution in [0.4, 0.5) is 11.4 Å². The summed E-state index contributed by atoms with van der Waals surface area (Å²) < 4.78 is 5.26. The second-order valence-corrected chi connectivity index (χ2v) is 7.01. The van der Waals surface area contributed by atoms with Crippen LogP contribution in [0.5, 0.6) is 0 Å². The number of rotatable bonds is 6. The lowest BCUT2D eigenvalue weighted by atomic mass is 10.1. The predicted molar refractivity (Wildman–Crippen MR) is 107 cm³/mol. The minimum absolute atomic E-state index is 0.134. The lowest BCUT2D eigenvalue weighted by Crippen LogP contribution is -2.12. The van der Waals surface area contributed by atoms with Crippen LogP contribution in [0.2, 0.25) is 0 Å². The lowest BCUT2D eigenvalue weighted by molar-refractivity contribution is 0.102. The van der Waals surface area contributed by atoms with Gasteiger partial charge in [-0.05, 0) is 55.2 Å². The molecule has 0 bridgehead atoms. The monoisotopic (exact) mass is 361 g/mol. The Morgan fingerprint density at radius 3 is 2.37 bits per heavy atom. The van der Waals surface area contributed by atoms with Gasteiger partial charge in [-0.3, -0.25) is 4.79 Å². The van der Waals surface area contributed by atoms with Gasteiger partial charge in [-0.2, -0.15) is 0 Å². The van der Waals surface area contributed by atoms with E-state index in [0.717, 1.165) is 29.4 Å². The molecule has 1 heterocycles. The quantitative estimate of drug-likeness (QED) is 0.633. The molecule has 0 atom stereocenters. The summed E-state index contributed by atoms with van der Waals surface area (Å²) in [6, 6.07) is 15.1. The van der Waals surface area contributed by atoms with Gasteiger partial charge in [0.05, 0.1) is 6.20 Å². The van der Waals surface area contributed by atoms with Crippen LogP contribution in [0.1, 0.15) is 36.0 Å². The van der Waals surface area contributed by atoms with E-state index in [1.165, 1.54) is 32.1 Å². The zero-order valence-corrected chi connectivity index (χ0v) is 15.2. The fourth-order valence-electron chi connectivity index (χ4n) is 3.50. The number of nitrogens with zero attached hydrogens (tertiary/aromatic N) is 1. The third-order valence-electron chi connectivity index (χ3n) is 5.08. The van der Waals surface area contributed by atoms with Crippen LogP contribution in [-0.2, 0) is 0 Å². The lowest BCUT2D eigenvalue weighted by Gasteiger charge is -2.12. The van der Waals surface area contributed by atoms with Gasteiger partial charge in [0, 0.05) is 29.0 Å². The molecule has 4 rings (SSSR count). The molecule has 1 amide bonds. The number of anilines is 2. The standard InChI is InChI=1S/C22H23N3O2/c26-22(18-7-5-17(6-8-18)21-14-23-15-27-21)25-20-11-9-19(10-12-20)24-13-16-3-1-2-4-16/h5-12,14-16,24H,1-4,13H2,(H,25,26). The maximum absolute atomic E-state index is 12.4. The number of benzene rings is 2. The topological polar surface area (TPSA) is 67.2 Å². The van der Waals surface area contributed by atoms with Crippen molar-refractivity contribution in [3.63, 3.8) is 0 Å². The maximum Gasteiger partial charge on any atom is 0.255 e. The van der Waals surface area contributed by atoms with Gasteiger partial charge in [-0.15, -0.1) is 0 Å². The molecule has 27 heavy (non-hydrogen) atoms. The first-order valence-electron chi connectivity index (χ1n) is 9.42. The molecule has 5 nitrogen and oxygen atoms in total. The van der Waals surface area contributed by atoms with Gasteiger partial charge < -0.3 is 15.1 Å². The molecule has 1 aliphatic carbocycles. The molecular formula is C22H23N3O2. The number of carbonyl (C=O) groups is 1. The van der Waals surface area contributed by atoms with Crippen molar-refractivity contribution in [3.8, 4) is 11.3 Å². The summed E-state index contributed by atoms with van der Waals surface area (Å²) in [5, 5.41) is 6.43. The predicted octanol–water partition coefficient (Wildman–Crippen LogP) is 5.20. The molecule has 1 fully saturated rings. The van der Waals surface area contributed by atoms with Gasteiger partial charge in [-0.25, -0.2) is 4.98 Å². The highest BCUT2D eigenvalue weighted by Gasteiger charge is 2.14. The van der Waals surface area contributed by atoms with E-state index in [1.807, 2.05) is 36.4 Å². The van der Waals surface area contributed by atoms with Crippen molar-refractivity contribution < 1.29 is 9.21 Å². The minimum Gasteiger partial charge on any atom is -0.444 e. The maximum atomic E-state index is 12.4. The van der Waals surface area contributed by atoms with E-state index in [-0.39, 0.29) is 5.91 Å². The van der Waals surface area contributed by atoms with Gasteiger partial charge in [0.25, 0.3) is 5.91 Å². The second kappa shape index (κ2) is 8.08. The number of nitrogens with one attached hydrogen (secondary N) is 2. The molecular weight excluding hydrogens is 338 g/mol. The van der Waals surface area contributed by atoms with Crippen LogP contribution in [0.3, 0.4) is 0 Å². The highest BCUT2D eigenvalue weighted by Crippen LogP contribution is 2.25. The van der Waals surface area contributed by atoms with Crippen molar-refractivity contribution in [2.45, 2.75) is 25.7 Å². The average molecular weight is 361 g/mol. The van der Waals surface area contributed by atoms with Gasteiger partial charge in [-0.1, -0.05) is 25.0 Å². The molecule has 3 aromatic rings. The van der Waals surface area contributed by atoms with Crippen molar-refractivity contribution in [3.05, 3.63) is 66.7 Å². The fourth-order valence-corrected chi connectivity index (χ4v) is 3.50. The molecule has 1 saturated carbocycles. The van der Waals surface area contributed by atoms with Crippen LogP contribution >= 0.6 is 0 Å². The number of amides is 1. The molecule has 0 unspecified atom stereocenters. The molecule has 0 spiro atoms. The zero-order chi connectivity index (χ0) is 18.5. The number of hydrogen-bond donors (Lipinski definition) is 2. The van der Waals surface area contributed by atoms with Crippen molar-refractivity contribution in [2.75, 3.05) is 17.2 Å². The normalized spacial score (nSPS) is 14.2. The van der Waals surface area contributed by atoms with E-state index in [4.69, 9.17) is 4.42 Å². The molecule has 2 N–H and O–H groups in total. The number of oxazole rings is 1. The zero-order valence-electron chi connectivity index (χ0n) is 15.2. The van der Waals surface area contributed by atoms with Crippen LogP contribution in [0.15, 0.2) is 65.5 Å². The Balaban J connectivity index is 1.33. The van der Waals surface area contributed by atoms with E-state index < -0.39 is 0 Å². The first-order chi connectivity index (χ1) is 13.3. The first kappa shape index (κ1) is 17.3. The van der Waals surface area contributed by atoms with E-state index >= 15 is 0 Å². The SMILES string of the molecule is O=C(Nc1ccc(NCC2CCCC2)cc1)c1ccc(-c2cnco2)cc1. The van der Waals surface area contributed by atoms with Gasteiger partial charge in [0.2, 0.25) is 0 Å². The Morgan fingerprint density at radius 1 is 1.00 bits per heavy atom. The van der Waals surface area contributed by atoms with Crippen LogP contribution in [-0.4, -0.2) is 17.4 Å². The summed E-state index contributed by atoms with van der Waals surface area (Å²) in [4.78, 5) is 16.3. The third kappa shape index (κ3) is 4.37. The largest absolute Gasteiger partial charge is 0.444 e. The molecule has 1 aromatic heterocycles. The summed E-state index contributed by atoms with van der Waals surface area (Å²) in [6.45, 7) is 1.03. The molecule has 5 heteroatoms. The van der Waals surface area contributed by atoms with Crippen molar-refractivity contribution >= 4 is 17.3 Å². The smallest absolute Gasteiger partial charge is 0.255 e. The van der Waals surface area contributed by atoms with Crippen LogP contribution in [0, 0.1) is 5.92 Å². The molecule has 1 aliphatic rings. The Bertz CT molecular complexity index is 865. The summed E-state index contributed by atoms with van der Waals surface area (Å²) in [5.74, 6) is 1.35. The highest BCUT2D eigenvalue weighted by molar-refractivity contribution is 6.04. The van der Waals surface area contributed by atoms with Crippen LogP contribution < -0.4 is 10.6 Å². The Morgan fingerprint density at radius 2 is 1.70 bits per heavy atom. The van der Waals surface area contributed by atoms with Crippen molar-refractivity contribution in [2.24, 2.45) is 5.92 Å². The minimum atomic E-state index is -0.134. The van der Waals surface area contributed by atoms with E-state index in [1.54, 1.807) is 18.3 Å². The van der Waals surface area contributed by atoms with Crippen molar-refractivity contribution in [1.29, 1.82) is 0 Å². The van der Waals surface area contributed by atoms with Gasteiger partial charge in [0.1, 0.15) is 0 Å². The molecule has 0 saturated heterocycles. The van der Waals surface area contributed by atoms with E-state index in [0.29, 0.717) is 11.3 Å². The Labute approximate surface area is 158 Å². The fraction of sp³-hybridized carbons (Fsp3) is 0.273. The first-order valence-corrected chi connectivity index (χ1v) is 9.42. The summed E-state index contributed by atoms with van der Waals surface area (Å²) in [7, 11) is 0. The Kier molecular flexibility index (Phi) is 5.19. The Hall–Kier alpha value is -3.08. The number of hydrogen-bond acceptors (Lipinski definition) is 4. The summed E-state index contributed by atoms with van der Waals surface area (Å²) in [6.07, 6.45) is 8.42. The summed E-state index contributed by atoms with van der Waals surface area (Å²) in [5.41, 5.74) is 3.37. The molecule has 138 valence electrons. The number of aromatic nitrogens is 1. The van der Waals surface area contributed by atoms with Crippen molar-refractivity contribution in [1.82, 2.24) is 4.98 Å².